The highest BCUT2D eigenvalue weighted by atomic mass is 32.2. The first-order valence-corrected chi connectivity index (χ1v) is 7.48. The molecule has 0 fully saturated rings. The first kappa shape index (κ1) is 14.0. The second-order valence-electron chi connectivity index (χ2n) is 4.30. The van der Waals surface area contributed by atoms with Gasteiger partial charge in [0.25, 0.3) is 10.2 Å². The zero-order valence-corrected chi connectivity index (χ0v) is 11.4. The van der Waals surface area contributed by atoms with Gasteiger partial charge in [0.05, 0.1) is 0 Å². The molecule has 1 aromatic carbocycles. The lowest BCUT2D eigenvalue weighted by Gasteiger charge is -2.33. The number of aliphatic carboxylic acids is 1. The van der Waals surface area contributed by atoms with Crippen LogP contribution in [0.3, 0.4) is 0 Å². The Kier molecular flexibility index (Phi) is 3.88. The van der Waals surface area contributed by atoms with Crippen LogP contribution in [-0.2, 0) is 21.4 Å². The van der Waals surface area contributed by atoms with Crippen molar-refractivity contribution in [2.75, 3.05) is 13.1 Å². The predicted octanol–water partition coefficient (Wildman–Crippen LogP) is 0.525. The third-order valence-corrected chi connectivity index (χ3v) is 4.77. The molecule has 0 amide bonds. The molecule has 0 spiro atoms. The van der Waals surface area contributed by atoms with Crippen LogP contribution in [0, 0.1) is 0 Å². The van der Waals surface area contributed by atoms with Gasteiger partial charge in [0.15, 0.2) is 0 Å². The minimum atomic E-state index is -3.77. The Bertz CT molecular complexity index is 585. The molecule has 2 N–H and O–H groups in total. The van der Waals surface area contributed by atoms with Crippen LogP contribution in [0.15, 0.2) is 24.3 Å². The lowest BCUT2D eigenvalue weighted by molar-refractivity contribution is -0.142. The summed E-state index contributed by atoms with van der Waals surface area (Å²) in [7, 11) is -3.77. The fourth-order valence-corrected chi connectivity index (χ4v) is 3.67. The number of nitrogens with zero attached hydrogens (tertiary/aromatic N) is 1. The average Bonchev–Trinajstić information content (AvgIpc) is 2.37. The van der Waals surface area contributed by atoms with Gasteiger partial charge >= 0.3 is 5.97 Å². The normalized spacial score (nSPS) is 19.9. The zero-order valence-electron chi connectivity index (χ0n) is 10.5. The van der Waals surface area contributed by atoms with Crippen molar-refractivity contribution >= 4 is 16.2 Å². The molecule has 1 aromatic rings. The van der Waals surface area contributed by atoms with Gasteiger partial charge in [0.1, 0.15) is 6.04 Å². The smallest absolute Gasteiger partial charge is 0.326 e. The summed E-state index contributed by atoms with van der Waals surface area (Å²) in [6.07, 6.45) is 0.518. The number of carbonyl (C=O) groups is 1. The van der Waals surface area contributed by atoms with E-state index in [1.54, 1.807) is 19.1 Å². The number of carboxylic acids is 1. The Hall–Kier alpha value is -1.44. The number of hydrogen-bond donors (Lipinski definition) is 2. The molecular weight excluding hydrogens is 268 g/mol. The van der Waals surface area contributed by atoms with Crippen molar-refractivity contribution in [2.24, 2.45) is 0 Å². The topological polar surface area (TPSA) is 86.7 Å². The molecule has 1 aliphatic rings. The van der Waals surface area contributed by atoms with Gasteiger partial charge in [0.2, 0.25) is 0 Å². The molecule has 0 bridgehead atoms. The number of rotatable bonds is 4. The van der Waals surface area contributed by atoms with E-state index < -0.39 is 22.2 Å². The van der Waals surface area contributed by atoms with Gasteiger partial charge in [-0.3, -0.25) is 4.79 Å². The van der Waals surface area contributed by atoms with Gasteiger partial charge in [-0.15, -0.1) is 0 Å². The van der Waals surface area contributed by atoms with Crippen molar-refractivity contribution in [1.29, 1.82) is 0 Å². The highest BCUT2D eigenvalue weighted by Crippen LogP contribution is 2.31. The maximum atomic E-state index is 12.1. The van der Waals surface area contributed by atoms with Gasteiger partial charge in [-0.25, -0.2) is 4.72 Å². The third-order valence-electron chi connectivity index (χ3n) is 3.11. The average molecular weight is 284 g/mol. The monoisotopic (exact) mass is 284 g/mol. The summed E-state index contributed by atoms with van der Waals surface area (Å²) < 4.78 is 27.5. The summed E-state index contributed by atoms with van der Waals surface area (Å²) in [5.74, 6) is -1.16. The quantitative estimate of drug-likeness (QED) is 0.844. The summed E-state index contributed by atoms with van der Waals surface area (Å²) in [6.45, 7) is 2.06. The number of benzene rings is 1. The van der Waals surface area contributed by atoms with Crippen LogP contribution < -0.4 is 4.72 Å². The molecule has 0 saturated heterocycles. The van der Waals surface area contributed by atoms with Crippen molar-refractivity contribution in [3.8, 4) is 0 Å². The molecule has 1 atom stereocenters. The predicted molar refractivity (Wildman–Crippen MR) is 69.8 cm³/mol. The zero-order chi connectivity index (χ0) is 14.0. The highest BCUT2D eigenvalue weighted by molar-refractivity contribution is 7.87. The van der Waals surface area contributed by atoms with E-state index in [9.17, 15) is 18.3 Å². The van der Waals surface area contributed by atoms with E-state index in [-0.39, 0.29) is 13.1 Å². The number of fused-ring (bicyclic) bond motifs is 1. The Morgan fingerprint density at radius 3 is 2.79 bits per heavy atom. The molecule has 1 unspecified atom stereocenters. The molecule has 104 valence electrons. The molecule has 7 heteroatoms. The minimum absolute atomic E-state index is 0.170. The van der Waals surface area contributed by atoms with E-state index in [1.165, 1.54) is 0 Å². The van der Waals surface area contributed by atoms with Crippen LogP contribution >= 0.6 is 0 Å². The maximum absolute atomic E-state index is 12.1. The van der Waals surface area contributed by atoms with Gasteiger partial charge in [-0.05, 0) is 17.5 Å². The first-order valence-electron chi connectivity index (χ1n) is 6.04. The van der Waals surface area contributed by atoms with Gasteiger partial charge in [-0.1, -0.05) is 31.2 Å². The van der Waals surface area contributed by atoms with E-state index in [0.29, 0.717) is 12.0 Å². The van der Waals surface area contributed by atoms with E-state index in [0.717, 1.165) is 9.87 Å². The van der Waals surface area contributed by atoms with Crippen molar-refractivity contribution in [3.05, 3.63) is 35.4 Å². The lowest BCUT2D eigenvalue weighted by Crippen LogP contribution is -2.48. The van der Waals surface area contributed by atoms with E-state index in [4.69, 9.17) is 0 Å². The van der Waals surface area contributed by atoms with E-state index in [1.807, 2.05) is 12.1 Å². The summed E-state index contributed by atoms with van der Waals surface area (Å²) in [5, 5.41) is 9.35. The van der Waals surface area contributed by atoms with E-state index >= 15 is 0 Å². The Morgan fingerprint density at radius 1 is 1.47 bits per heavy atom. The van der Waals surface area contributed by atoms with Crippen LogP contribution in [-0.4, -0.2) is 36.9 Å². The Labute approximate surface area is 112 Å². The van der Waals surface area contributed by atoms with Crippen LogP contribution in [0.25, 0.3) is 0 Å². The van der Waals surface area contributed by atoms with E-state index in [2.05, 4.69) is 4.72 Å². The summed E-state index contributed by atoms with van der Waals surface area (Å²) in [5.41, 5.74) is 1.43. The minimum Gasteiger partial charge on any atom is -0.480 e. The van der Waals surface area contributed by atoms with Crippen molar-refractivity contribution in [3.63, 3.8) is 0 Å². The highest BCUT2D eigenvalue weighted by Gasteiger charge is 2.39. The molecule has 0 aromatic heterocycles. The van der Waals surface area contributed by atoms with Gasteiger partial charge in [-0.2, -0.15) is 12.7 Å². The largest absolute Gasteiger partial charge is 0.480 e. The molecule has 0 aliphatic carbocycles. The standard InChI is InChI=1S/C12H16N2O4S/c1-2-13-19(17,18)14-8-7-9-5-3-4-6-10(9)11(14)12(15)16/h3-6,11,13H,2,7-8H2,1H3,(H,15,16). The number of carboxylic acid groups (broad SMARTS) is 1. The second-order valence-corrected chi connectivity index (χ2v) is 6.01. The molecular formula is C12H16N2O4S. The van der Waals surface area contributed by atoms with Gasteiger partial charge < -0.3 is 5.11 Å². The first-order chi connectivity index (χ1) is 8.97. The fourth-order valence-electron chi connectivity index (χ4n) is 2.32. The van der Waals surface area contributed by atoms with Crippen molar-refractivity contribution in [2.45, 2.75) is 19.4 Å². The van der Waals surface area contributed by atoms with Crippen molar-refractivity contribution < 1.29 is 18.3 Å². The lowest BCUT2D eigenvalue weighted by atomic mass is 9.94. The Morgan fingerprint density at radius 2 is 2.16 bits per heavy atom. The molecule has 1 aliphatic heterocycles. The number of hydrogen-bond acceptors (Lipinski definition) is 3. The molecule has 6 nitrogen and oxygen atoms in total. The molecule has 2 rings (SSSR count). The third kappa shape index (κ3) is 2.63. The Balaban J connectivity index is 2.46. The van der Waals surface area contributed by atoms with Crippen molar-refractivity contribution in [1.82, 2.24) is 9.03 Å². The van der Waals surface area contributed by atoms with Crippen LogP contribution in [0.5, 0.6) is 0 Å². The SMILES string of the molecule is CCNS(=O)(=O)N1CCc2ccccc2C1C(=O)O. The van der Waals surface area contributed by atoms with Crippen LogP contribution in [0.4, 0.5) is 0 Å². The summed E-state index contributed by atoms with van der Waals surface area (Å²) in [4.78, 5) is 11.4. The molecule has 0 saturated carbocycles. The fraction of sp³-hybridized carbons (Fsp3) is 0.417. The van der Waals surface area contributed by atoms with Crippen LogP contribution in [0.2, 0.25) is 0 Å². The van der Waals surface area contributed by atoms with Crippen LogP contribution in [0.1, 0.15) is 24.1 Å². The molecule has 0 radical (unpaired) electrons. The molecule has 19 heavy (non-hydrogen) atoms. The second kappa shape index (κ2) is 5.28. The maximum Gasteiger partial charge on any atom is 0.326 e. The summed E-state index contributed by atoms with van der Waals surface area (Å²) >= 11 is 0. The molecule has 1 heterocycles. The number of nitrogens with one attached hydrogen (secondary N) is 1. The summed E-state index contributed by atoms with van der Waals surface area (Å²) in [6, 6.07) is 5.89. The van der Waals surface area contributed by atoms with Gasteiger partial charge in [0, 0.05) is 13.1 Å².